The van der Waals surface area contributed by atoms with Gasteiger partial charge in [0.2, 0.25) is 0 Å². The van der Waals surface area contributed by atoms with Gasteiger partial charge in [-0.3, -0.25) is 9.59 Å². The average Bonchev–Trinajstić information content (AvgIpc) is 2.74. The quantitative estimate of drug-likeness (QED) is 0.796. The molecule has 3 rings (SSSR count). The van der Waals surface area contributed by atoms with E-state index in [1.807, 2.05) is 0 Å². The SMILES string of the molecule is O=C1CN(C(=O)c2ccc(F)c(C(F)(F)F)c2F)C2(CNC2)C1. The number of benzene rings is 1. The van der Waals surface area contributed by atoms with Crippen LogP contribution in [0.25, 0.3) is 0 Å². The van der Waals surface area contributed by atoms with Gasteiger partial charge in [0.1, 0.15) is 11.4 Å². The first kappa shape index (κ1) is 15.9. The van der Waals surface area contributed by atoms with Crippen LogP contribution < -0.4 is 5.32 Å². The van der Waals surface area contributed by atoms with Gasteiger partial charge in [-0.25, -0.2) is 8.78 Å². The second kappa shape index (κ2) is 4.98. The molecule has 1 amide bonds. The summed E-state index contributed by atoms with van der Waals surface area (Å²) in [5.74, 6) is -5.04. The number of nitrogens with zero attached hydrogens (tertiary/aromatic N) is 1. The highest BCUT2D eigenvalue weighted by Crippen LogP contribution is 2.37. The number of Topliss-reactive ketones (excluding diaryl/α,β-unsaturated/α-hetero) is 1. The van der Waals surface area contributed by atoms with E-state index < -0.39 is 40.4 Å². The van der Waals surface area contributed by atoms with Crippen LogP contribution in [0.1, 0.15) is 22.3 Å². The van der Waals surface area contributed by atoms with E-state index in [1.165, 1.54) is 0 Å². The zero-order valence-electron chi connectivity index (χ0n) is 11.6. The predicted molar refractivity (Wildman–Crippen MR) is 67.6 cm³/mol. The Morgan fingerprint density at radius 3 is 2.39 bits per heavy atom. The molecule has 9 heteroatoms. The molecule has 1 spiro atoms. The number of nitrogens with one attached hydrogen (secondary N) is 1. The molecule has 0 bridgehead atoms. The first-order chi connectivity index (χ1) is 10.7. The molecular formula is C14H11F5N2O2. The summed E-state index contributed by atoms with van der Waals surface area (Å²) in [7, 11) is 0. The molecule has 1 aromatic carbocycles. The van der Waals surface area contributed by atoms with Crippen LogP contribution in [-0.4, -0.2) is 41.8 Å². The fourth-order valence-corrected chi connectivity index (χ4v) is 3.00. The topological polar surface area (TPSA) is 49.4 Å². The summed E-state index contributed by atoms with van der Waals surface area (Å²) in [5.41, 5.74) is -3.82. The van der Waals surface area contributed by atoms with Crippen molar-refractivity contribution in [2.24, 2.45) is 0 Å². The summed E-state index contributed by atoms with van der Waals surface area (Å²) in [6.45, 7) is 0.317. The van der Waals surface area contributed by atoms with E-state index in [-0.39, 0.29) is 18.7 Å². The minimum atomic E-state index is -5.26. The second-order valence-corrected chi connectivity index (χ2v) is 5.72. The number of ketones is 1. The van der Waals surface area contributed by atoms with Crippen molar-refractivity contribution in [3.05, 3.63) is 34.9 Å². The van der Waals surface area contributed by atoms with Gasteiger partial charge in [0, 0.05) is 19.5 Å². The second-order valence-electron chi connectivity index (χ2n) is 5.72. The van der Waals surface area contributed by atoms with Gasteiger partial charge >= 0.3 is 6.18 Å². The molecule has 0 atom stereocenters. The highest BCUT2D eigenvalue weighted by atomic mass is 19.4. The molecule has 2 fully saturated rings. The first-order valence-electron chi connectivity index (χ1n) is 6.75. The Morgan fingerprint density at radius 1 is 1.22 bits per heavy atom. The lowest BCUT2D eigenvalue weighted by Gasteiger charge is -2.45. The molecule has 0 saturated carbocycles. The van der Waals surface area contributed by atoms with E-state index in [2.05, 4.69) is 5.32 Å². The van der Waals surface area contributed by atoms with Crippen LogP contribution >= 0.6 is 0 Å². The molecule has 2 aliphatic rings. The minimum Gasteiger partial charge on any atom is -0.323 e. The molecule has 2 aliphatic heterocycles. The smallest absolute Gasteiger partial charge is 0.323 e. The summed E-state index contributed by atoms with van der Waals surface area (Å²) in [6.07, 6.45) is -5.19. The van der Waals surface area contributed by atoms with Crippen molar-refractivity contribution >= 4 is 11.7 Å². The predicted octanol–water partition coefficient (Wildman–Crippen LogP) is 1.74. The zero-order chi connectivity index (χ0) is 17.0. The third-order valence-electron chi connectivity index (χ3n) is 4.19. The van der Waals surface area contributed by atoms with E-state index in [0.29, 0.717) is 25.2 Å². The number of carbonyl (C=O) groups excluding carboxylic acids is 2. The highest BCUT2D eigenvalue weighted by molar-refractivity contribution is 6.00. The lowest BCUT2D eigenvalue weighted by molar-refractivity contribution is -0.142. The molecule has 0 aliphatic carbocycles. The normalized spacial score (nSPS) is 20.0. The lowest BCUT2D eigenvalue weighted by atomic mass is 9.88. The number of hydrogen-bond donors (Lipinski definition) is 1. The van der Waals surface area contributed by atoms with Gasteiger partial charge in [-0.05, 0) is 12.1 Å². The monoisotopic (exact) mass is 334 g/mol. The Bertz CT molecular complexity index is 697. The molecule has 124 valence electrons. The summed E-state index contributed by atoms with van der Waals surface area (Å²) < 4.78 is 65.7. The highest BCUT2D eigenvalue weighted by Gasteiger charge is 2.52. The first-order valence-corrected chi connectivity index (χ1v) is 6.75. The minimum absolute atomic E-state index is 0.0701. The number of hydrogen-bond acceptors (Lipinski definition) is 3. The van der Waals surface area contributed by atoms with E-state index in [9.17, 15) is 31.5 Å². The Labute approximate surface area is 127 Å². The maximum Gasteiger partial charge on any atom is 0.422 e. The van der Waals surface area contributed by atoms with Crippen molar-refractivity contribution in [2.45, 2.75) is 18.1 Å². The molecule has 2 heterocycles. The van der Waals surface area contributed by atoms with E-state index >= 15 is 0 Å². The van der Waals surface area contributed by atoms with Crippen molar-refractivity contribution < 1.29 is 31.5 Å². The van der Waals surface area contributed by atoms with Crippen LogP contribution in [0.15, 0.2) is 12.1 Å². The Hall–Kier alpha value is -2.03. The molecule has 23 heavy (non-hydrogen) atoms. The molecule has 2 saturated heterocycles. The number of halogens is 5. The molecule has 0 radical (unpaired) electrons. The van der Waals surface area contributed by atoms with Crippen LogP contribution in [0.5, 0.6) is 0 Å². The summed E-state index contributed by atoms with van der Waals surface area (Å²) in [4.78, 5) is 25.1. The van der Waals surface area contributed by atoms with Gasteiger partial charge in [-0.1, -0.05) is 0 Å². The Kier molecular flexibility index (Phi) is 3.44. The van der Waals surface area contributed by atoms with Crippen LogP contribution in [0.3, 0.4) is 0 Å². The van der Waals surface area contributed by atoms with Crippen LogP contribution in [0, 0.1) is 11.6 Å². The number of amides is 1. The number of carbonyl (C=O) groups is 2. The van der Waals surface area contributed by atoms with Gasteiger partial charge < -0.3 is 10.2 Å². The third-order valence-corrected chi connectivity index (χ3v) is 4.19. The fourth-order valence-electron chi connectivity index (χ4n) is 3.00. The standard InChI is InChI=1S/C14H11F5N2O2/c15-9-2-1-8(11(16)10(9)14(17,18)19)12(23)21-4-7(22)3-13(21)5-20-6-13/h1-2,20H,3-6H2. The fraction of sp³-hybridized carbons (Fsp3) is 0.429. The zero-order valence-corrected chi connectivity index (χ0v) is 11.6. The Balaban J connectivity index is 2.02. The van der Waals surface area contributed by atoms with Crippen molar-refractivity contribution in [3.63, 3.8) is 0 Å². The largest absolute Gasteiger partial charge is 0.422 e. The van der Waals surface area contributed by atoms with E-state index in [0.717, 1.165) is 4.90 Å². The summed E-state index contributed by atoms with van der Waals surface area (Å²) in [6, 6.07) is 1.08. The summed E-state index contributed by atoms with van der Waals surface area (Å²) >= 11 is 0. The van der Waals surface area contributed by atoms with Crippen LogP contribution in [0.2, 0.25) is 0 Å². The van der Waals surface area contributed by atoms with Crippen molar-refractivity contribution in [2.75, 3.05) is 19.6 Å². The molecule has 1 N–H and O–H groups in total. The molecule has 4 nitrogen and oxygen atoms in total. The molecule has 0 aromatic heterocycles. The van der Waals surface area contributed by atoms with Gasteiger partial charge in [0.05, 0.1) is 17.6 Å². The molecule has 0 unspecified atom stereocenters. The van der Waals surface area contributed by atoms with E-state index in [4.69, 9.17) is 0 Å². The maximum atomic E-state index is 14.1. The Morgan fingerprint density at radius 2 is 1.87 bits per heavy atom. The number of alkyl halides is 3. The summed E-state index contributed by atoms with van der Waals surface area (Å²) in [5, 5.41) is 2.88. The van der Waals surface area contributed by atoms with Gasteiger partial charge in [0.25, 0.3) is 5.91 Å². The third kappa shape index (κ3) is 2.39. The van der Waals surface area contributed by atoms with Crippen molar-refractivity contribution in [3.8, 4) is 0 Å². The van der Waals surface area contributed by atoms with Crippen molar-refractivity contribution in [1.82, 2.24) is 10.2 Å². The average molecular weight is 334 g/mol. The van der Waals surface area contributed by atoms with Crippen molar-refractivity contribution in [1.29, 1.82) is 0 Å². The molecular weight excluding hydrogens is 323 g/mol. The van der Waals surface area contributed by atoms with Gasteiger partial charge in [-0.2, -0.15) is 13.2 Å². The van der Waals surface area contributed by atoms with Crippen LogP contribution in [-0.2, 0) is 11.0 Å². The van der Waals surface area contributed by atoms with Gasteiger partial charge in [0.15, 0.2) is 11.6 Å². The number of likely N-dealkylation sites (tertiary alicyclic amines) is 1. The lowest BCUT2D eigenvalue weighted by Crippen LogP contribution is -2.67. The van der Waals surface area contributed by atoms with E-state index in [1.54, 1.807) is 0 Å². The van der Waals surface area contributed by atoms with Gasteiger partial charge in [-0.15, -0.1) is 0 Å². The number of rotatable bonds is 1. The molecule has 1 aromatic rings. The maximum absolute atomic E-state index is 14.1. The van der Waals surface area contributed by atoms with Crippen LogP contribution in [0.4, 0.5) is 22.0 Å².